The number of ether oxygens (including phenoxy) is 4. The zero-order chi connectivity index (χ0) is 17.4. The van der Waals surface area contributed by atoms with E-state index in [9.17, 15) is 4.79 Å². The van der Waals surface area contributed by atoms with Crippen molar-refractivity contribution in [2.75, 3.05) is 19.8 Å². The largest absolute Gasteiger partial charge is 0.458 e. The Kier molecular flexibility index (Phi) is 6.97. The highest BCUT2D eigenvalue weighted by Crippen LogP contribution is 2.26. The second-order valence-electron chi connectivity index (χ2n) is 6.61. The average molecular weight is 334 g/mol. The Morgan fingerprint density at radius 1 is 1.29 bits per heavy atom. The molecular formula is C19H26O5. The van der Waals surface area contributed by atoms with Crippen LogP contribution in [-0.4, -0.2) is 37.5 Å². The zero-order valence-corrected chi connectivity index (χ0v) is 14.6. The molecule has 0 aliphatic carbocycles. The Balaban J connectivity index is 1.69. The maximum atomic E-state index is 11.5. The molecule has 0 radical (unpaired) electrons. The lowest BCUT2D eigenvalue weighted by molar-refractivity contribution is -0.204. The Morgan fingerprint density at radius 3 is 2.75 bits per heavy atom. The van der Waals surface area contributed by atoms with E-state index in [4.69, 9.17) is 18.9 Å². The number of carbonyl (C=O) groups excluding carboxylic acids is 1. The van der Waals surface area contributed by atoms with Crippen LogP contribution in [0.15, 0.2) is 42.5 Å². The summed E-state index contributed by atoms with van der Waals surface area (Å²) in [5, 5.41) is 0. The molecule has 1 fully saturated rings. The fourth-order valence-electron chi connectivity index (χ4n) is 2.27. The maximum Gasteiger partial charge on any atom is 0.332 e. The number of esters is 1. The molecule has 5 heteroatoms. The molecule has 0 spiro atoms. The summed E-state index contributed by atoms with van der Waals surface area (Å²) >= 11 is 0. The predicted octanol–water partition coefficient (Wildman–Crippen LogP) is 3.41. The molecule has 2 atom stereocenters. The number of carbonyl (C=O) groups is 1. The molecule has 24 heavy (non-hydrogen) atoms. The first kappa shape index (κ1) is 18.6. The van der Waals surface area contributed by atoms with Crippen LogP contribution in [0.1, 0.15) is 39.0 Å². The van der Waals surface area contributed by atoms with Gasteiger partial charge >= 0.3 is 5.97 Å². The van der Waals surface area contributed by atoms with Crippen LogP contribution < -0.4 is 0 Å². The van der Waals surface area contributed by atoms with Crippen LogP contribution in [0.4, 0.5) is 0 Å². The average Bonchev–Trinajstić information content (AvgIpc) is 2.54. The van der Waals surface area contributed by atoms with Gasteiger partial charge in [-0.3, -0.25) is 0 Å². The van der Waals surface area contributed by atoms with Crippen LogP contribution in [0.25, 0.3) is 0 Å². The molecule has 0 N–H and O–H groups in total. The highest BCUT2D eigenvalue weighted by molar-refractivity contribution is 5.71. The summed E-state index contributed by atoms with van der Waals surface area (Å²) in [7, 11) is 0. The van der Waals surface area contributed by atoms with E-state index in [0.29, 0.717) is 13.2 Å². The SMILES string of the molecule is CC(C)(C)OC(=O)COC/C=C\[C@@H]1CCO[C@H](c2ccccc2)O1. The summed E-state index contributed by atoms with van der Waals surface area (Å²) < 4.78 is 22.0. The lowest BCUT2D eigenvalue weighted by Crippen LogP contribution is -2.26. The van der Waals surface area contributed by atoms with Crippen molar-refractivity contribution in [3.8, 4) is 0 Å². The molecule has 1 heterocycles. The standard InChI is InChI=1S/C19H26O5/c1-19(2,3)24-17(20)14-21-12-7-10-16-11-13-22-18(23-16)15-8-5-4-6-9-15/h4-10,16,18H,11-14H2,1-3H3/b10-7-/t16-,18+/m1/s1. The minimum absolute atomic E-state index is 0.0194. The molecule has 1 aromatic rings. The summed E-state index contributed by atoms with van der Waals surface area (Å²) in [5.74, 6) is -0.359. The third kappa shape index (κ3) is 6.83. The van der Waals surface area contributed by atoms with Gasteiger partial charge in [0.1, 0.15) is 12.2 Å². The third-order valence-electron chi connectivity index (χ3n) is 3.25. The molecule has 1 aliphatic rings. The summed E-state index contributed by atoms with van der Waals surface area (Å²) in [6.07, 6.45) is 4.26. The lowest BCUT2D eigenvalue weighted by Gasteiger charge is -2.28. The number of rotatable bonds is 6. The quantitative estimate of drug-likeness (QED) is 0.453. The molecule has 0 saturated carbocycles. The van der Waals surface area contributed by atoms with Gasteiger partial charge in [0.2, 0.25) is 0 Å². The molecule has 0 bridgehead atoms. The topological polar surface area (TPSA) is 54.0 Å². The van der Waals surface area contributed by atoms with Gasteiger partial charge in [-0.05, 0) is 20.8 Å². The second kappa shape index (κ2) is 8.97. The van der Waals surface area contributed by atoms with Gasteiger partial charge < -0.3 is 18.9 Å². The van der Waals surface area contributed by atoms with Gasteiger partial charge in [0.25, 0.3) is 0 Å². The van der Waals surface area contributed by atoms with Crippen LogP contribution in [0.3, 0.4) is 0 Å². The Morgan fingerprint density at radius 2 is 2.04 bits per heavy atom. The maximum absolute atomic E-state index is 11.5. The van der Waals surface area contributed by atoms with E-state index < -0.39 is 5.60 Å². The first-order valence-corrected chi connectivity index (χ1v) is 8.22. The molecule has 1 aliphatic heterocycles. The minimum atomic E-state index is -0.487. The van der Waals surface area contributed by atoms with Crippen LogP contribution >= 0.6 is 0 Å². The van der Waals surface area contributed by atoms with Crippen LogP contribution in [-0.2, 0) is 23.7 Å². The van der Waals surface area contributed by atoms with Gasteiger partial charge in [0, 0.05) is 12.0 Å². The van der Waals surface area contributed by atoms with Gasteiger partial charge in [-0.15, -0.1) is 0 Å². The zero-order valence-electron chi connectivity index (χ0n) is 14.6. The Bertz CT molecular complexity index is 532. The summed E-state index contributed by atoms with van der Waals surface area (Å²) in [5.41, 5.74) is 0.523. The molecule has 132 valence electrons. The number of hydrogen-bond acceptors (Lipinski definition) is 5. The number of benzene rings is 1. The third-order valence-corrected chi connectivity index (χ3v) is 3.25. The lowest BCUT2D eigenvalue weighted by atomic mass is 10.1. The van der Waals surface area contributed by atoms with Crippen molar-refractivity contribution in [1.29, 1.82) is 0 Å². The highest BCUT2D eigenvalue weighted by Gasteiger charge is 2.22. The van der Waals surface area contributed by atoms with Gasteiger partial charge in [-0.25, -0.2) is 4.79 Å². The molecule has 0 unspecified atom stereocenters. The van der Waals surface area contributed by atoms with E-state index in [1.54, 1.807) is 0 Å². The van der Waals surface area contributed by atoms with Crippen LogP contribution in [0.2, 0.25) is 0 Å². The fourth-order valence-corrected chi connectivity index (χ4v) is 2.27. The number of hydrogen-bond donors (Lipinski definition) is 0. The molecular weight excluding hydrogens is 308 g/mol. The summed E-state index contributed by atoms with van der Waals surface area (Å²) in [6, 6.07) is 9.87. The van der Waals surface area contributed by atoms with Crippen molar-refractivity contribution in [1.82, 2.24) is 0 Å². The normalized spacial score (nSPS) is 21.8. The van der Waals surface area contributed by atoms with Crippen LogP contribution in [0.5, 0.6) is 0 Å². The first-order valence-electron chi connectivity index (χ1n) is 8.22. The van der Waals surface area contributed by atoms with Crippen molar-refractivity contribution in [2.45, 2.75) is 45.2 Å². The second-order valence-corrected chi connectivity index (χ2v) is 6.61. The molecule has 1 saturated heterocycles. The van der Waals surface area contributed by atoms with E-state index in [0.717, 1.165) is 12.0 Å². The molecule has 0 amide bonds. The predicted molar refractivity (Wildman–Crippen MR) is 90.4 cm³/mol. The summed E-state index contributed by atoms with van der Waals surface area (Å²) in [6.45, 7) is 6.43. The Labute approximate surface area is 143 Å². The fraction of sp³-hybridized carbons (Fsp3) is 0.526. The van der Waals surface area contributed by atoms with E-state index in [2.05, 4.69) is 0 Å². The van der Waals surface area contributed by atoms with Crippen molar-refractivity contribution in [3.05, 3.63) is 48.0 Å². The summed E-state index contributed by atoms with van der Waals surface area (Å²) in [4.78, 5) is 11.5. The molecule has 5 nitrogen and oxygen atoms in total. The molecule has 2 rings (SSSR count). The van der Waals surface area contributed by atoms with Crippen molar-refractivity contribution in [3.63, 3.8) is 0 Å². The van der Waals surface area contributed by atoms with E-state index in [-0.39, 0.29) is 25.0 Å². The smallest absolute Gasteiger partial charge is 0.332 e. The van der Waals surface area contributed by atoms with Crippen molar-refractivity contribution >= 4 is 5.97 Å². The first-order chi connectivity index (χ1) is 11.4. The van der Waals surface area contributed by atoms with Crippen molar-refractivity contribution in [2.24, 2.45) is 0 Å². The van der Waals surface area contributed by atoms with Gasteiger partial charge in [-0.2, -0.15) is 0 Å². The Hall–Kier alpha value is -1.69. The highest BCUT2D eigenvalue weighted by atomic mass is 16.7. The van der Waals surface area contributed by atoms with E-state index in [1.807, 2.05) is 63.3 Å². The van der Waals surface area contributed by atoms with Gasteiger partial charge in [0.15, 0.2) is 6.29 Å². The van der Waals surface area contributed by atoms with Crippen LogP contribution in [0, 0.1) is 0 Å². The molecule has 1 aromatic carbocycles. The van der Waals surface area contributed by atoms with E-state index in [1.165, 1.54) is 0 Å². The monoisotopic (exact) mass is 334 g/mol. The molecule has 0 aromatic heterocycles. The minimum Gasteiger partial charge on any atom is -0.458 e. The van der Waals surface area contributed by atoms with Crippen molar-refractivity contribution < 1.29 is 23.7 Å². The van der Waals surface area contributed by atoms with E-state index >= 15 is 0 Å². The van der Waals surface area contributed by atoms with Gasteiger partial charge in [0.05, 0.1) is 19.3 Å². The van der Waals surface area contributed by atoms with Gasteiger partial charge in [-0.1, -0.05) is 42.5 Å².